The van der Waals surface area contributed by atoms with Crippen molar-refractivity contribution in [2.24, 2.45) is 0 Å². The Hall–Kier alpha value is -3.76. The molecule has 4 nitrogen and oxygen atoms in total. The van der Waals surface area contributed by atoms with E-state index in [0.717, 1.165) is 33.8 Å². The molecule has 0 unspecified atom stereocenters. The lowest BCUT2D eigenvalue weighted by molar-refractivity contribution is 0.733. The van der Waals surface area contributed by atoms with E-state index in [0.29, 0.717) is 11.1 Å². The smallest absolute Gasteiger partial charge is 0.103 e. The summed E-state index contributed by atoms with van der Waals surface area (Å²) in [6.07, 6.45) is 0.0135. The molecule has 4 rings (SSSR count). The molecule has 1 aliphatic rings. The number of hydrogen-bond acceptors (Lipinski definition) is 4. The highest BCUT2D eigenvalue weighted by Gasteiger charge is 2.36. The molecule has 0 spiro atoms. The molecule has 1 atom stereocenters. The van der Waals surface area contributed by atoms with Crippen LogP contribution in [0.3, 0.4) is 0 Å². The molecule has 0 N–H and O–H groups in total. The summed E-state index contributed by atoms with van der Waals surface area (Å²) in [6, 6.07) is 24.6. The SMILES string of the molecule is Cc1cccc(-c2ccccc2)c1N1c2c(C#N)cc(C#N)cc2N(C)[C@@H]1C. The van der Waals surface area contributed by atoms with Crippen molar-refractivity contribution in [1.29, 1.82) is 10.5 Å². The van der Waals surface area contributed by atoms with Crippen LogP contribution in [-0.4, -0.2) is 13.2 Å². The number of aryl methyl sites for hydroxylation is 1. The molecule has 0 aromatic heterocycles. The maximum Gasteiger partial charge on any atom is 0.103 e. The zero-order valence-corrected chi connectivity index (χ0v) is 16.1. The van der Waals surface area contributed by atoms with Gasteiger partial charge in [-0.15, -0.1) is 0 Å². The number of nitriles is 2. The Balaban J connectivity index is 2.02. The molecule has 0 bridgehead atoms. The van der Waals surface area contributed by atoms with Gasteiger partial charge in [-0.25, -0.2) is 0 Å². The largest absolute Gasteiger partial charge is 0.352 e. The third kappa shape index (κ3) is 2.59. The number of fused-ring (bicyclic) bond motifs is 1. The molecule has 4 heteroatoms. The second-order valence-corrected chi connectivity index (χ2v) is 7.07. The van der Waals surface area contributed by atoms with E-state index < -0.39 is 0 Å². The van der Waals surface area contributed by atoms with Gasteiger partial charge in [0.25, 0.3) is 0 Å². The van der Waals surface area contributed by atoms with E-state index in [-0.39, 0.29) is 6.17 Å². The first-order valence-corrected chi connectivity index (χ1v) is 9.22. The van der Waals surface area contributed by atoms with Gasteiger partial charge < -0.3 is 9.80 Å². The first-order chi connectivity index (χ1) is 13.6. The topological polar surface area (TPSA) is 54.1 Å². The number of rotatable bonds is 2. The van der Waals surface area contributed by atoms with Crippen molar-refractivity contribution >= 4 is 17.1 Å². The number of benzene rings is 3. The van der Waals surface area contributed by atoms with Crippen molar-refractivity contribution in [2.75, 3.05) is 16.8 Å². The zero-order valence-electron chi connectivity index (χ0n) is 16.1. The van der Waals surface area contributed by atoms with Gasteiger partial charge in [0.2, 0.25) is 0 Å². The standard InChI is InChI=1S/C24H20N4/c1-16-8-7-11-21(19-9-5-4-6-10-19)23(16)28-17(2)27(3)22-13-18(14-25)12-20(15-26)24(22)28/h4-13,17H,1-3H3/t17-/m0/s1. The van der Waals surface area contributed by atoms with Gasteiger partial charge in [-0.05, 0) is 37.1 Å². The molecule has 1 heterocycles. The monoisotopic (exact) mass is 364 g/mol. The summed E-state index contributed by atoms with van der Waals surface area (Å²) >= 11 is 0. The molecule has 28 heavy (non-hydrogen) atoms. The lowest BCUT2D eigenvalue weighted by Crippen LogP contribution is -2.36. The lowest BCUT2D eigenvalue weighted by atomic mass is 9.98. The van der Waals surface area contributed by atoms with E-state index >= 15 is 0 Å². The van der Waals surface area contributed by atoms with E-state index in [1.54, 1.807) is 6.07 Å². The Bertz CT molecular complexity index is 1140. The van der Waals surface area contributed by atoms with Crippen molar-refractivity contribution < 1.29 is 0 Å². The van der Waals surface area contributed by atoms with E-state index in [9.17, 15) is 10.5 Å². The maximum absolute atomic E-state index is 9.81. The Kier molecular flexibility index (Phi) is 4.26. The van der Waals surface area contributed by atoms with Crippen LogP contribution in [-0.2, 0) is 0 Å². The third-order valence-electron chi connectivity index (χ3n) is 5.46. The Morgan fingerprint density at radius 3 is 2.32 bits per heavy atom. The molecule has 3 aromatic rings. The molecule has 3 aromatic carbocycles. The van der Waals surface area contributed by atoms with Crippen molar-refractivity contribution in [3.63, 3.8) is 0 Å². The molecule has 0 saturated heterocycles. The summed E-state index contributed by atoms with van der Waals surface area (Å²) < 4.78 is 0. The molecular formula is C24H20N4. The van der Waals surface area contributed by atoms with E-state index in [1.165, 1.54) is 0 Å². The second-order valence-electron chi connectivity index (χ2n) is 7.07. The molecule has 0 amide bonds. The second kappa shape index (κ2) is 6.76. The van der Waals surface area contributed by atoms with Crippen LogP contribution >= 0.6 is 0 Å². The number of anilines is 3. The van der Waals surface area contributed by atoms with Crippen molar-refractivity contribution in [1.82, 2.24) is 0 Å². The van der Waals surface area contributed by atoms with Gasteiger partial charge in [0.1, 0.15) is 12.2 Å². The van der Waals surface area contributed by atoms with Crippen LogP contribution in [0.4, 0.5) is 17.1 Å². The highest BCUT2D eigenvalue weighted by molar-refractivity contribution is 5.94. The molecule has 136 valence electrons. The summed E-state index contributed by atoms with van der Waals surface area (Å²) in [7, 11) is 2.01. The quantitative estimate of drug-likeness (QED) is 0.616. The minimum Gasteiger partial charge on any atom is -0.352 e. The van der Waals surface area contributed by atoms with Crippen LogP contribution in [0.15, 0.2) is 60.7 Å². The maximum atomic E-state index is 9.81. The lowest BCUT2D eigenvalue weighted by Gasteiger charge is -2.31. The van der Waals surface area contributed by atoms with Crippen LogP contribution in [0.5, 0.6) is 0 Å². The summed E-state index contributed by atoms with van der Waals surface area (Å²) in [5.41, 5.74) is 7.29. The Labute approximate surface area is 165 Å². The van der Waals surface area contributed by atoms with Gasteiger partial charge in [-0.1, -0.05) is 48.5 Å². The molecule has 1 aliphatic heterocycles. The normalized spacial score (nSPS) is 15.1. The summed E-state index contributed by atoms with van der Waals surface area (Å²) in [6.45, 7) is 4.22. The van der Waals surface area contributed by atoms with Crippen molar-refractivity contribution in [2.45, 2.75) is 20.0 Å². The van der Waals surface area contributed by atoms with Gasteiger partial charge in [-0.2, -0.15) is 10.5 Å². The average Bonchev–Trinajstić information content (AvgIpc) is 2.98. The molecule has 0 fully saturated rings. The van der Waals surface area contributed by atoms with Crippen molar-refractivity contribution in [3.05, 3.63) is 77.4 Å². The van der Waals surface area contributed by atoms with Gasteiger partial charge in [0.15, 0.2) is 0 Å². The van der Waals surface area contributed by atoms with Crippen LogP contribution in [0.1, 0.15) is 23.6 Å². The zero-order chi connectivity index (χ0) is 19.8. The third-order valence-corrected chi connectivity index (χ3v) is 5.46. The van der Waals surface area contributed by atoms with Crippen LogP contribution in [0.2, 0.25) is 0 Å². The number of para-hydroxylation sites is 1. The molecular weight excluding hydrogens is 344 g/mol. The Morgan fingerprint density at radius 2 is 1.64 bits per heavy atom. The van der Waals surface area contributed by atoms with E-state index in [1.807, 2.05) is 31.3 Å². The fourth-order valence-corrected chi connectivity index (χ4v) is 3.98. The minimum absolute atomic E-state index is 0.0135. The van der Waals surface area contributed by atoms with Crippen molar-refractivity contribution in [3.8, 4) is 23.3 Å². The van der Waals surface area contributed by atoms with Gasteiger partial charge in [-0.3, -0.25) is 0 Å². The van der Waals surface area contributed by atoms with E-state index in [4.69, 9.17) is 0 Å². The van der Waals surface area contributed by atoms with E-state index in [2.05, 4.69) is 66.1 Å². The summed E-state index contributed by atoms with van der Waals surface area (Å²) in [5, 5.41) is 19.2. The van der Waals surface area contributed by atoms with Gasteiger partial charge in [0, 0.05) is 12.6 Å². The first kappa shape index (κ1) is 17.6. The summed E-state index contributed by atoms with van der Waals surface area (Å²) in [4.78, 5) is 4.35. The summed E-state index contributed by atoms with van der Waals surface area (Å²) in [5.74, 6) is 0. The number of nitrogens with zero attached hydrogens (tertiary/aromatic N) is 4. The highest BCUT2D eigenvalue weighted by atomic mass is 15.4. The highest BCUT2D eigenvalue weighted by Crippen LogP contribution is 2.49. The molecule has 0 aliphatic carbocycles. The van der Waals surface area contributed by atoms with Crippen LogP contribution < -0.4 is 9.80 Å². The molecule has 0 radical (unpaired) electrons. The fraction of sp³-hybridized carbons (Fsp3) is 0.167. The van der Waals surface area contributed by atoms with Gasteiger partial charge in [0.05, 0.1) is 34.3 Å². The fourth-order valence-electron chi connectivity index (χ4n) is 3.98. The van der Waals surface area contributed by atoms with Gasteiger partial charge >= 0.3 is 0 Å². The van der Waals surface area contributed by atoms with Crippen LogP contribution in [0, 0.1) is 29.6 Å². The predicted octanol–water partition coefficient (Wildman–Crippen LogP) is 5.34. The predicted molar refractivity (Wildman–Crippen MR) is 112 cm³/mol. The first-order valence-electron chi connectivity index (χ1n) is 9.22. The Morgan fingerprint density at radius 1 is 0.893 bits per heavy atom. The number of hydrogen-bond donors (Lipinski definition) is 0. The minimum atomic E-state index is 0.0135. The van der Waals surface area contributed by atoms with Crippen LogP contribution in [0.25, 0.3) is 11.1 Å². The average molecular weight is 364 g/mol. The molecule has 0 saturated carbocycles.